The largest absolute Gasteiger partial charge is 0.507 e. The Hall–Kier alpha value is -1.62. The van der Waals surface area contributed by atoms with E-state index in [2.05, 4.69) is 5.32 Å². The lowest BCUT2D eigenvalue weighted by molar-refractivity contribution is 0.0786. The van der Waals surface area contributed by atoms with Gasteiger partial charge in [-0.25, -0.2) is 4.39 Å². The zero-order chi connectivity index (χ0) is 12.8. The first-order chi connectivity index (χ1) is 8.07. The molecule has 0 spiro atoms. The summed E-state index contributed by atoms with van der Waals surface area (Å²) in [6.45, 7) is 1.29. The predicted octanol–water partition coefficient (Wildman–Crippen LogP) is 1.21. The van der Waals surface area contributed by atoms with Gasteiger partial charge in [0.25, 0.3) is 5.91 Å². The van der Waals surface area contributed by atoms with Crippen LogP contribution in [0.4, 0.5) is 4.39 Å². The van der Waals surface area contributed by atoms with Crippen LogP contribution in [0.1, 0.15) is 16.8 Å². The highest BCUT2D eigenvalue weighted by Gasteiger charge is 2.19. The molecule has 4 nitrogen and oxygen atoms in total. The van der Waals surface area contributed by atoms with Gasteiger partial charge < -0.3 is 15.3 Å². The highest BCUT2D eigenvalue weighted by molar-refractivity contribution is 5.96. The Morgan fingerprint density at radius 1 is 1.53 bits per heavy atom. The molecule has 0 atom stereocenters. The monoisotopic (exact) mass is 240 g/mol. The second-order valence-corrected chi connectivity index (χ2v) is 3.82. The summed E-state index contributed by atoms with van der Waals surface area (Å²) >= 11 is 0. The number of halogens is 1. The summed E-state index contributed by atoms with van der Waals surface area (Å²) in [6.07, 6.45) is 0.772. The summed E-state index contributed by atoms with van der Waals surface area (Å²) in [6, 6.07) is 3.83. The van der Waals surface area contributed by atoms with Gasteiger partial charge in [-0.05, 0) is 32.1 Å². The number of nitrogens with one attached hydrogen (secondary N) is 1. The maximum absolute atomic E-state index is 13.4. The van der Waals surface area contributed by atoms with Crippen molar-refractivity contribution in [3.8, 4) is 5.75 Å². The lowest BCUT2D eigenvalue weighted by Crippen LogP contribution is -2.30. The Kier molecular flexibility index (Phi) is 4.90. The molecule has 1 amide bonds. The van der Waals surface area contributed by atoms with Crippen LogP contribution in [-0.4, -0.2) is 43.1 Å². The summed E-state index contributed by atoms with van der Waals surface area (Å²) in [5.74, 6) is -1.53. The molecule has 0 radical (unpaired) electrons. The number of rotatable bonds is 5. The maximum atomic E-state index is 13.4. The number of carbonyl (C=O) groups excluding carboxylic acids is 1. The van der Waals surface area contributed by atoms with Gasteiger partial charge in [0.1, 0.15) is 17.1 Å². The zero-order valence-electron chi connectivity index (χ0n) is 10.0. The quantitative estimate of drug-likeness (QED) is 0.761. The fourth-order valence-corrected chi connectivity index (χ4v) is 1.51. The Morgan fingerprint density at radius 3 is 2.82 bits per heavy atom. The Labute approximate surface area is 100 Å². The minimum Gasteiger partial charge on any atom is -0.507 e. The van der Waals surface area contributed by atoms with E-state index in [0.29, 0.717) is 6.54 Å². The molecule has 94 valence electrons. The van der Waals surface area contributed by atoms with E-state index >= 15 is 0 Å². The topological polar surface area (TPSA) is 52.6 Å². The zero-order valence-corrected chi connectivity index (χ0v) is 10.0. The number of hydrogen-bond acceptors (Lipinski definition) is 3. The van der Waals surface area contributed by atoms with Crippen molar-refractivity contribution < 1.29 is 14.3 Å². The third-order valence-electron chi connectivity index (χ3n) is 2.47. The number of benzene rings is 1. The molecule has 1 rings (SSSR count). The van der Waals surface area contributed by atoms with E-state index < -0.39 is 11.7 Å². The van der Waals surface area contributed by atoms with Gasteiger partial charge in [0.05, 0.1) is 0 Å². The molecule has 17 heavy (non-hydrogen) atoms. The molecule has 0 bridgehead atoms. The SMILES string of the molecule is CNCCCN(C)C(=O)c1c(O)cccc1F. The Morgan fingerprint density at radius 2 is 2.24 bits per heavy atom. The number of phenolic OH excluding ortho intramolecular Hbond substituents is 1. The highest BCUT2D eigenvalue weighted by atomic mass is 19.1. The van der Waals surface area contributed by atoms with Crippen LogP contribution in [0.5, 0.6) is 5.75 Å². The summed E-state index contributed by atoms with van der Waals surface area (Å²) < 4.78 is 13.4. The van der Waals surface area contributed by atoms with Crippen molar-refractivity contribution in [3.63, 3.8) is 0 Å². The fraction of sp³-hybridized carbons (Fsp3) is 0.417. The normalized spacial score (nSPS) is 10.3. The fourth-order valence-electron chi connectivity index (χ4n) is 1.51. The van der Waals surface area contributed by atoms with Crippen molar-refractivity contribution in [2.75, 3.05) is 27.2 Å². The summed E-state index contributed by atoms with van der Waals surface area (Å²) in [5.41, 5.74) is -0.264. The molecule has 1 aromatic carbocycles. The maximum Gasteiger partial charge on any atom is 0.260 e. The van der Waals surface area contributed by atoms with Crippen molar-refractivity contribution in [1.29, 1.82) is 0 Å². The molecule has 0 aromatic heterocycles. The number of phenols is 1. The van der Waals surface area contributed by atoms with E-state index in [0.717, 1.165) is 19.0 Å². The minimum atomic E-state index is -0.699. The number of carbonyl (C=O) groups is 1. The molecule has 5 heteroatoms. The van der Waals surface area contributed by atoms with E-state index in [-0.39, 0.29) is 11.3 Å². The van der Waals surface area contributed by atoms with E-state index in [1.807, 2.05) is 7.05 Å². The standard InChI is InChI=1S/C12H17FN2O2/c1-14-7-4-8-15(2)12(17)11-9(13)5-3-6-10(11)16/h3,5-6,14,16H,4,7-8H2,1-2H3. The highest BCUT2D eigenvalue weighted by Crippen LogP contribution is 2.21. The van der Waals surface area contributed by atoms with E-state index in [9.17, 15) is 14.3 Å². The summed E-state index contributed by atoms with van der Waals surface area (Å²) in [4.78, 5) is 13.3. The molecule has 0 fully saturated rings. The van der Waals surface area contributed by atoms with Gasteiger partial charge in [0.15, 0.2) is 0 Å². The molecule has 0 aliphatic carbocycles. The summed E-state index contributed by atoms with van der Waals surface area (Å²) in [5, 5.41) is 12.4. The van der Waals surface area contributed by atoms with Gasteiger partial charge in [-0.1, -0.05) is 6.07 Å². The van der Waals surface area contributed by atoms with E-state index in [1.165, 1.54) is 17.0 Å². The van der Waals surface area contributed by atoms with Crippen LogP contribution in [0.2, 0.25) is 0 Å². The number of aromatic hydroxyl groups is 1. The smallest absolute Gasteiger partial charge is 0.260 e. The molecule has 1 aromatic rings. The molecule has 0 unspecified atom stereocenters. The molecular weight excluding hydrogens is 223 g/mol. The third kappa shape index (κ3) is 3.42. The lowest BCUT2D eigenvalue weighted by atomic mass is 10.1. The molecule has 2 N–H and O–H groups in total. The lowest BCUT2D eigenvalue weighted by Gasteiger charge is -2.17. The second kappa shape index (κ2) is 6.20. The van der Waals surface area contributed by atoms with Crippen LogP contribution < -0.4 is 5.32 Å². The van der Waals surface area contributed by atoms with Gasteiger partial charge in [0, 0.05) is 13.6 Å². The minimum absolute atomic E-state index is 0.264. The van der Waals surface area contributed by atoms with E-state index in [4.69, 9.17) is 0 Å². The molecule has 0 aliphatic heterocycles. The Bertz CT molecular complexity index is 376. The predicted molar refractivity (Wildman–Crippen MR) is 63.6 cm³/mol. The molecule has 0 saturated carbocycles. The number of hydrogen-bond donors (Lipinski definition) is 2. The van der Waals surface area contributed by atoms with Gasteiger partial charge in [-0.15, -0.1) is 0 Å². The van der Waals surface area contributed by atoms with Crippen molar-refractivity contribution in [3.05, 3.63) is 29.6 Å². The van der Waals surface area contributed by atoms with Crippen LogP contribution in [0.3, 0.4) is 0 Å². The van der Waals surface area contributed by atoms with Crippen molar-refractivity contribution >= 4 is 5.91 Å². The van der Waals surface area contributed by atoms with Crippen LogP contribution in [-0.2, 0) is 0 Å². The van der Waals surface area contributed by atoms with Gasteiger partial charge in [-0.2, -0.15) is 0 Å². The van der Waals surface area contributed by atoms with Gasteiger partial charge >= 0.3 is 0 Å². The number of amides is 1. The van der Waals surface area contributed by atoms with Crippen LogP contribution in [0.25, 0.3) is 0 Å². The molecular formula is C12H17FN2O2. The third-order valence-corrected chi connectivity index (χ3v) is 2.47. The van der Waals surface area contributed by atoms with Crippen LogP contribution in [0.15, 0.2) is 18.2 Å². The van der Waals surface area contributed by atoms with E-state index in [1.54, 1.807) is 7.05 Å². The molecule has 0 aliphatic rings. The van der Waals surface area contributed by atoms with Gasteiger partial charge in [0.2, 0.25) is 0 Å². The molecule has 0 saturated heterocycles. The van der Waals surface area contributed by atoms with Crippen molar-refractivity contribution in [1.82, 2.24) is 10.2 Å². The average Bonchev–Trinajstić information content (AvgIpc) is 2.28. The van der Waals surface area contributed by atoms with Crippen molar-refractivity contribution in [2.24, 2.45) is 0 Å². The first-order valence-electron chi connectivity index (χ1n) is 5.45. The first-order valence-corrected chi connectivity index (χ1v) is 5.45. The first kappa shape index (κ1) is 13.4. The second-order valence-electron chi connectivity index (χ2n) is 3.82. The van der Waals surface area contributed by atoms with Crippen LogP contribution >= 0.6 is 0 Å². The summed E-state index contributed by atoms with van der Waals surface area (Å²) in [7, 11) is 3.41. The van der Waals surface area contributed by atoms with Crippen molar-refractivity contribution in [2.45, 2.75) is 6.42 Å². The van der Waals surface area contributed by atoms with Gasteiger partial charge in [-0.3, -0.25) is 4.79 Å². The van der Waals surface area contributed by atoms with Crippen LogP contribution in [0, 0.1) is 5.82 Å². The molecule has 0 heterocycles. The Balaban J connectivity index is 2.75. The average molecular weight is 240 g/mol. The number of nitrogens with zero attached hydrogens (tertiary/aromatic N) is 1.